The van der Waals surface area contributed by atoms with Crippen LogP contribution >= 0.6 is 12.4 Å². The van der Waals surface area contributed by atoms with Gasteiger partial charge in [0.1, 0.15) is 0 Å². The van der Waals surface area contributed by atoms with Crippen molar-refractivity contribution in [3.05, 3.63) is 0 Å². The normalized spacial score (nSPS) is 34.5. The molecular weight excluding hydrogens is 221 g/mol. The van der Waals surface area contributed by atoms with E-state index < -0.39 is 0 Å². The summed E-state index contributed by atoms with van der Waals surface area (Å²) in [7, 11) is 0. The van der Waals surface area contributed by atoms with Crippen LogP contribution in [0.4, 0.5) is 0 Å². The van der Waals surface area contributed by atoms with Crippen LogP contribution in [0.3, 0.4) is 0 Å². The quantitative estimate of drug-likeness (QED) is 0.531. The van der Waals surface area contributed by atoms with Crippen LogP contribution in [0, 0.1) is 0 Å². The van der Waals surface area contributed by atoms with Crippen molar-refractivity contribution in [3.63, 3.8) is 0 Å². The number of rotatable bonds is 3. The SMILES string of the molecule is Cl.NCCC[N+]12CCN(CC1)CC2.[Cl-]. The molecule has 0 aliphatic carbocycles. The molecule has 0 aromatic heterocycles. The van der Waals surface area contributed by atoms with Gasteiger partial charge in [-0.2, -0.15) is 0 Å². The molecule has 0 saturated carbocycles. The molecule has 0 atom stereocenters. The Bertz CT molecular complexity index is 144. The molecule has 3 nitrogen and oxygen atoms in total. The average Bonchev–Trinajstić information content (AvgIpc) is 2.18. The van der Waals surface area contributed by atoms with E-state index in [0.717, 1.165) is 6.54 Å². The topological polar surface area (TPSA) is 29.3 Å². The number of quaternary nitrogens is 1. The van der Waals surface area contributed by atoms with Gasteiger partial charge in [-0.1, -0.05) is 0 Å². The third kappa shape index (κ3) is 2.97. The van der Waals surface area contributed by atoms with E-state index >= 15 is 0 Å². The standard InChI is InChI=1S/C9H20N3.2ClH/c10-2-1-6-12-7-3-11(4-8-12)5-9-12;;/h1-10H2;2*1H/q+1;;/p-1. The summed E-state index contributed by atoms with van der Waals surface area (Å²) >= 11 is 0. The Hall–Kier alpha value is 0.460. The smallest absolute Gasteiger partial charge is 0.0916 e. The molecule has 3 aliphatic rings. The highest BCUT2D eigenvalue weighted by atomic mass is 35.5. The number of fused-ring (bicyclic) bond motifs is 3. The monoisotopic (exact) mass is 241 g/mol. The fraction of sp³-hybridized carbons (Fsp3) is 1.00. The van der Waals surface area contributed by atoms with Gasteiger partial charge in [-0.3, -0.25) is 4.90 Å². The summed E-state index contributed by atoms with van der Waals surface area (Å²) in [5.41, 5.74) is 5.55. The van der Waals surface area contributed by atoms with E-state index in [1.165, 1.54) is 56.7 Å². The molecule has 0 spiro atoms. The van der Waals surface area contributed by atoms with Crippen LogP contribution < -0.4 is 18.1 Å². The van der Waals surface area contributed by atoms with Gasteiger partial charge in [0.2, 0.25) is 0 Å². The maximum absolute atomic E-state index is 5.55. The molecule has 2 bridgehead atoms. The van der Waals surface area contributed by atoms with Crippen LogP contribution in [0.5, 0.6) is 0 Å². The molecule has 5 heteroatoms. The molecular formula is C9H21Cl2N3. The highest BCUT2D eigenvalue weighted by Gasteiger charge is 2.37. The summed E-state index contributed by atoms with van der Waals surface area (Å²) in [4.78, 5) is 2.59. The Morgan fingerprint density at radius 1 is 1.07 bits per heavy atom. The van der Waals surface area contributed by atoms with Gasteiger partial charge >= 0.3 is 0 Å². The molecule has 0 aromatic rings. The minimum absolute atomic E-state index is 0. The van der Waals surface area contributed by atoms with Gasteiger partial charge in [-0.05, 0) is 6.54 Å². The van der Waals surface area contributed by atoms with Crippen LogP contribution in [-0.4, -0.2) is 61.7 Å². The second-order valence-electron chi connectivity index (χ2n) is 4.22. The number of hydrogen-bond donors (Lipinski definition) is 1. The van der Waals surface area contributed by atoms with E-state index in [4.69, 9.17) is 5.73 Å². The van der Waals surface area contributed by atoms with Crippen LogP contribution in [0.1, 0.15) is 6.42 Å². The lowest BCUT2D eigenvalue weighted by molar-refractivity contribution is -0.941. The average molecular weight is 242 g/mol. The minimum Gasteiger partial charge on any atom is -1.00 e. The van der Waals surface area contributed by atoms with Crippen molar-refractivity contribution >= 4 is 12.4 Å². The van der Waals surface area contributed by atoms with Crippen molar-refractivity contribution in [2.75, 3.05) is 52.4 Å². The third-order valence-electron chi connectivity index (χ3n) is 3.51. The van der Waals surface area contributed by atoms with Crippen molar-refractivity contribution in [1.82, 2.24) is 4.90 Å². The summed E-state index contributed by atoms with van der Waals surface area (Å²) in [5, 5.41) is 0. The van der Waals surface area contributed by atoms with Gasteiger partial charge in [0.15, 0.2) is 0 Å². The maximum atomic E-state index is 5.55. The number of hydrogen-bond acceptors (Lipinski definition) is 2. The molecule has 0 aromatic carbocycles. The van der Waals surface area contributed by atoms with Crippen LogP contribution in [0.15, 0.2) is 0 Å². The van der Waals surface area contributed by atoms with Crippen molar-refractivity contribution in [2.24, 2.45) is 5.73 Å². The van der Waals surface area contributed by atoms with E-state index in [1.54, 1.807) is 0 Å². The Morgan fingerprint density at radius 2 is 1.57 bits per heavy atom. The lowest BCUT2D eigenvalue weighted by Crippen LogP contribution is -3.00. The van der Waals surface area contributed by atoms with Gasteiger partial charge in [-0.25, -0.2) is 0 Å². The Kier molecular flexibility index (Phi) is 6.33. The molecule has 2 N–H and O–H groups in total. The minimum atomic E-state index is 0. The molecule has 3 fully saturated rings. The van der Waals surface area contributed by atoms with Gasteiger partial charge in [0, 0.05) is 26.1 Å². The van der Waals surface area contributed by atoms with E-state index in [9.17, 15) is 0 Å². The number of nitrogens with two attached hydrogens (primary N) is 1. The largest absolute Gasteiger partial charge is 1.00 e. The zero-order valence-electron chi connectivity index (χ0n) is 8.62. The first kappa shape index (κ1) is 14.5. The van der Waals surface area contributed by atoms with Crippen LogP contribution in [0.25, 0.3) is 0 Å². The lowest BCUT2D eigenvalue weighted by Gasteiger charge is -2.50. The van der Waals surface area contributed by atoms with E-state index in [1.807, 2.05) is 0 Å². The lowest BCUT2D eigenvalue weighted by atomic mass is 10.1. The summed E-state index contributed by atoms with van der Waals surface area (Å²) < 4.78 is 1.37. The maximum Gasteiger partial charge on any atom is 0.0916 e. The second-order valence-corrected chi connectivity index (χ2v) is 4.22. The molecule has 3 rings (SSSR count). The molecule has 0 amide bonds. The summed E-state index contributed by atoms with van der Waals surface area (Å²) in [6, 6.07) is 0. The molecule has 14 heavy (non-hydrogen) atoms. The first-order valence-electron chi connectivity index (χ1n) is 5.12. The summed E-state index contributed by atoms with van der Waals surface area (Å²) in [5.74, 6) is 0. The number of halogens is 2. The predicted molar refractivity (Wildman–Crippen MR) is 57.1 cm³/mol. The van der Waals surface area contributed by atoms with E-state index in [-0.39, 0.29) is 24.8 Å². The van der Waals surface area contributed by atoms with Gasteiger partial charge in [0.05, 0.1) is 26.2 Å². The van der Waals surface area contributed by atoms with E-state index in [2.05, 4.69) is 4.90 Å². The van der Waals surface area contributed by atoms with Gasteiger partial charge in [0.25, 0.3) is 0 Å². The highest BCUT2D eigenvalue weighted by Crippen LogP contribution is 2.19. The number of piperazine rings is 3. The molecule has 0 radical (unpaired) electrons. The Labute approximate surface area is 99.0 Å². The molecule has 3 aliphatic heterocycles. The Morgan fingerprint density at radius 3 is 2.00 bits per heavy atom. The van der Waals surface area contributed by atoms with Crippen molar-refractivity contribution in [1.29, 1.82) is 0 Å². The van der Waals surface area contributed by atoms with Crippen LogP contribution in [-0.2, 0) is 0 Å². The van der Waals surface area contributed by atoms with Crippen molar-refractivity contribution < 1.29 is 16.9 Å². The highest BCUT2D eigenvalue weighted by molar-refractivity contribution is 5.85. The molecule has 0 unspecified atom stereocenters. The Balaban J connectivity index is 0.000000845. The van der Waals surface area contributed by atoms with Crippen molar-refractivity contribution in [3.8, 4) is 0 Å². The molecule has 3 heterocycles. The van der Waals surface area contributed by atoms with Crippen molar-refractivity contribution in [2.45, 2.75) is 6.42 Å². The fourth-order valence-corrected chi connectivity index (χ4v) is 2.49. The zero-order valence-corrected chi connectivity index (χ0v) is 10.2. The predicted octanol–water partition coefficient (Wildman–Crippen LogP) is -3.09. The van der Waals surface area contributed by atoms with Gasteiger partial charge in [-0.15, -0.1) is 12.4 Å². The molecule has 86 valence electrons. The summed E-state index contributed by atoms with van der Waals surface area (Å²) in [6.45, 7) is 10.3. The van der Waals surface area contributed by atoms with Crippen LogP contribution in [0.2, 0.25) is 0 Å². The number of nitrogens with zero attached hydrogens (tertiary/aromatic N) is 2. The second kappa shape index (κ2) is 6.13. The first-order chi connectivity index (χ1) is 5.85. The fourth-order valence-electron chi connectivity index (χ4n) is 2.49. The third-order valence-corrected chi connectivity index (χ3v) is 3.51. The van der Waals surface area contributed by atoms with Gasteiger partial charge < -0.3 is 22.6 Å². The molecule has 3 saturated heterocycles. The zero-order chi connectivity index (χ0) is 8.44. The van der Waals surface area contributed by atoms with E-state index in [0.29, 0.717) is 0 Å². The summed E-state index contributed by atoms with van der Waals surface area (Å²) in [6.07, 6.45) is 1.21. The first-order valence-corrected chi connectivity index (χ1v) is 5.12.